The Morgan fingerprint density at radius 2 is 1.89 bits per heavy atom. The molecule has 28 heavy (non-hydrogen) atoms. The first kappa shape index (κ1) is 20.3. The Balaban J connectivity index is 1.51. The number of primary amides is 1. The fourth-order valence-electron chi connectivity index (χ4n) is 3.05. The lowest BCUT2D eigenvalue weighted by Gasteiger charge is -2.30. The Morgan fingerprint density at radius 3 is 2.54 bits per heavy atom. The molecule has 0 unspecified atom stereocenters. The maximum atomic E-state index is 12.3. The minimum atomic E-state index is -3.68. The molecule has 0 saturated carbocycles. The molecule has 0 spiro atoms. The van der Waals surface area contributed by atoms with E-state index in [1.165, 1.54) is 23.5 Å². The molecule has 1 aromatic carbocycles. The van der Waals surface area contributed by atoms with E-state index in [1.54, 1.807) is 28.5 Å². The number of anilines is 1. The highest BCUT2D eigenvalue weighted by molar-refractivity contribution is 7.93. The van der Waals surface area contributed by atoms with E-state index >= 15 is 0 Å². The summed E-state index contributed by atoms with van der Waals surface area (Å²) in [6, 6.07) is 8.07. The zero-order valence-electron chi connectivity index (χ0n) is 15.2. The van der Waals surface area contributed by atoms with E-state index < -0.39 is 10.0 Å². The maximum Gasteiger partial charge on any atom is 0.263 e. The van der Waals surface area contributed by atoms with Crippen LogP contribution in [0.2, 0.25) is 0 Å². The first-order valence-electron chi connectivity index (χ1n) is 8.94. The van der Waals surface area contributed by atoms with Crippen LogP contribution in [0.5, 0.6) is 0 Å². The summed E-state index contributed by atoms with van der Waals surface area (Å²) < 4.78 is 27.1. The summed E-state index contributed by atoms with van der Waals surface area (Å²) in [5, 5.41) is 2.02. The van der Waals surface area contributed by atoms with Gasteiger partial charge in [-0.25, -0.2) is 13.4 Å². The molecular weight excluding hydrogens is 400 g/mol. The number of rotatable bonds is 7. The number of piperidine rings is 1. The van der Waals surface area contributed by atoms with Crippen LogP contribution in [0.1, 0.15) is 25.0 Å². The number of amides is 2. The van der Waals surface area contributed by atoms with Crippen molar-refractivity contribution in [3.05, 3.63) is 41.4 Å². The molecule has 1 aliphatic heterocycles. The highest BCUT2D eigenvalue weighted by Crippen LogP contribution is 2.22. The van der Waals surface area contributed by atoms with Crippen LogP contribution in [0.4, 0.5) is 5.13 Å². The topological polar surface area (TPSA) is 122 Å². The van der Waals surface area contributed by atoms with Crippen LogP contribution in [0.3, 0.4) is 0 Å². The monoisotopic (exact) mass is 422 g/mol. The molecule has 150 valence electrons. The largest absolute Gasteiger partial charge is 0.369 e. The molecule has 3 N–H and O–H groups in total. The van der Waals surface area contributed by atoms with E-state index in [1.807, 2.05) is 0 Å². The number of nitrogens with two attached hydrogens (primary N) is 1. The summed E-state index contributed by atoms with van der Waals surface area (Å²) in [4.78, 5) is 29.7. The Bertz CT molecular complexity index is 936. The molecule has 0 radical (unpaired) electrons. The Morgan fingerprint density at radius 1 is 1.21 bits per heavy atom. The van der Waals surface area contributed by atoms with E-state index in [-0.39, 0.29) is 34.2 Å². The molecule has 0 atom stereocenters. The van der Waals surface area contributed by atoms with Crippen molar-refractivity contribution in [3.63, 3.8) is 0 Å². The molecule has 10 heteroatoms. The van der Waals surface area contributed by atoms with Crippen LogP contribution in [0.15, 0.2) is 40.6 Å². The summed E-state index contributed by atoms with van der Waals surface area (Å²) >= 11 is 1.18. The number of nitrogens with zero attached hydrogens (tertiary/aromatic N) is 2. The summed E-state index contributed by atoms with van der Waals surface area (Å²) in [6.45, 7) is 1.07. The molecule has 2 heterocycles. The lowest BCUT2D eigenvalue weighted by Crippen LogP contribution is -2.41. The lowest BCUT2D eigenvalue weighted by molar-refractivity contribution is -0.134. The van der Waals surface area contributed by atoms with E-state index in [0.29, 0.717) is 38.0 Å². The van der Waals surface area contributed by atoms with Gasteiger partial charge >= 0.3 is 0 Å². The molecule has 1 saturated heterocycles. The molecule has 3 rings (SSSR count). The molecule has 0 bridgehead atoms. The number of sulfonamides is 1. The van der Waals surface area contributed by atoms with Crippen molar-refractivity contribution >= 4 is 38.3 Å². The third-order valence-corrected chi connectivity index (χ3v) is 6.96. The number of benzene rings is 1. The fraction of sp³-hybridized carbons (Fsp3) is 0.389. The molecule has 1 fully saturated rings. The van der Waals surface area contributed by atoms with Crippen molar-refractivity contribution in [2.45, 2.75) is 30.6 Å². The van der Waals surface area contributed by atoms with Gasteiger partial charge in [-0.05, 0) is 31.4 Å². The van der Waals surface area contributed by atoms with Crippen LogP contribution < -0.4 is 10.5 Å². The summed E-state index contributed by atoms with van der Waals surface area (Å²) in [5.74, 6) is -0.454. The van der Waals surface area contributed by atoms with Crippen LogP contribution in [-0.4, -0.2) is 43.2 Å². The van der Waals surface area contributed by atoms with Gasteiger partial charge in [0.15, 0.2) is 5.13 Å². The molecule has 8 nitrogen and oxygen atoms in total. The van der Waals surface area contributed by atoms with Crippen LogP contribution in [0, 0.1) is 5.92 Å². The van der Waals surface area contributed by atoms with E-state index in [9.17, 15) is 18.0 Å². The van der Waals surface area contributed by atoms with Gasteiger partial charge in [-0.1, -0.05) is 18.2 Å². The first-order chi connectivity index (χ1) is 13.3. The molecular formula is C18H22N4O4S2. The highest BCUT2D eigenvalue weighted by Gasteiger charge is 2.25. The van der Waals surface area contributed by atoms with E-state index in [0.717, 1.165) is 0 Å². The van der Waals surface area contributed by atoms with Gasteiger partial charge < -0.3 is 10.6 Å². The predicted molar refractivity (Wildman–Crippen MR) is 106 cm³/mol. The quantitative estimate of drug-likeness (QED) is 0.702. The van der Waals surface area contributed by atoms with Gasteiger partial charge in [-0.15, -0.1) is 11.3 Å². The van der Waals surface area contributed by atoms with Gasteiger partial charge in [0.25, 0.3) is 10.0 Å². The zero-order chi connectivity index (χ0) is 20.1. The van der Waals surface area contributed by atoms with Gasteiger partial charge in [-0.3, -0.25) is 14.3 Å². The van der Waals surface area contributed by atoms with Crippen molar-refractivity contribution < 1.29 is 18.0 Å². The summed E-state index contributed by atoms with van der Waals surface area (Å²) in [5.41, 5.74) is 5.97. The second-order valence-corrected chi connectivity index (χ2v) is 9.16. The van der Waals surface area contributed by atoms with Gasteiger partial charge in [0.05, 0.1) is 10.6 Å². The Labute approximate surface area is 167 Å². The molecule has 0 aliphatic carbocycles. The number of aromatic nitrogens is 1. The number of hydrogen-bond donors (Lipinski definition) is 2. The number of likely N-dealkylation sites (tertiary alicyclic amines) is 1. The fourth-order valence-corrected chi connectivity index (χ4v) is 5.07. The summed E-state index contributed by atoms with van der Waals surface area (Å²) in [7, 11) is -3.68. The normalized spacial score (nSPS) is 15.4. The number of aryl methyl sites for hydroxylation is 1. The zero-order valence-corrected chi connectivity index (χ0v) is 16.8. The minimum Gasteiger partial charge on any atom is -0.369 e. The highest BCUT2D eigenvalue weighted by atomic mass is 32.2. The molecule has 2 amide bonds. The average Bonchev–Trinajstić information content (AvgIpc) is 3.13. The van der Waals surface area contributed by atoms with Crippen LogP contribution in [-0.2, 0) is 26.0 Å². The van der Waals surface area contributed by atoms with Crippen molar-refractivity contribution in [1.82, 2.24) is 9.88 Å². The number of hydrogen-bond acceptors (Lipinski definition) is 6. The van der Waals surface area contributed by atoms with Crippen molar-refractivity contribution in [3.8, 4) is 0 Å². The third kappa shape index (κ3) is 5.08. The van der Waals surface area contributed by atoms with Crippen molar-refractivity contribution in [2.75, 3.05) is 17.8 Å². The van der Waals surface area contributed by atoms with Crippen LogP contribution in [0.25, 0.3) is 0 Å². The maximum absolute atomic E-state index is 12.3. The minimum absolute atomic E-state index is 0.00216. The van der Waals surface area contributed by atoms with Gasteiger partial charge in [0.2, 0.25) is 11.8 Å². The lowest BCUT2D eigenvalue weighted by atomic mass is 9.96. The molecule has 1 aliphatic rings. The third-order valence-electron chi connectivity index (χ3n) is 4.67. The van der Waals surface area contributed by atoms with Crippen LogP contribution >= 0.6 is 11.3 Å². The SMILES string of the molecule is NC(=O)C1CCN(C(=O)CCc2csc(NS(=O)(=O)c3ccccc3)n2)CC1. The van der Waals surface area contributed by atoms with Crippen molar-refractivity contribution in [1.29, 1.82) is 0 Å². The first-order valence-corrected chi connectivity index (χ1v) is 11.3. The van der Waals surface area contributed by atoms with E-state index in [2.05, 4.69) is 9.71 Å². The van der Waals surface area contributed by atoms with E-state index in [4.69, 9.17) is 5.73 Å². The van der Waals surface area contributed by atoms with Gasteiger partial charge in [0, 0.05) is 30.8 Å². The Hall–Kier alpha value is -2.46. The number of thiazole rings is 1. The number of carbonyl (C=O) groups excluding carboxylic acids is 2. The average molecular weight is 423 g/mol. The predicted octanol–water partition coefficient (Wildman–Crippen LogP) is 1.60. The number of nitrogens with one attached hydrogen (secondary N) is 1. The molecule has 1 aromatic heterocycles. The summed E-state index contributed by atoms with van der Waals surface area (Å²) in [6.07, 6.45) is 1.92. The number of carbonyl (C=O) groups is 2. The molecule has 2 aromatic rings. The van der Waals surface area contributed by atoms with Gasteiger partial charge in [-0.2, -0.15) is 0 Å². The second kappa shape index (κ2) is 8.70. The van der Waals surface area contributed by atoms with Crippen molar-refractivity contribution in [2.24, 2.45) is 11.7 Å². The second-order valence-electron chi connectivity index (χ2n) is 6.62. The standard InChI is InChI=1S/C18H22N4O4S2/c19-17(24)13-8-10-22(11-9-13)16(23)7-6-14-12-27-18(20-14)21-28(25,26)15-4-2-1-3-5-15/h1-5,12-13H,6-11H2,(H2,19,24)(H,20,21). The smallest absolute Gasteiger partial charge is 0.263 e. The van der Waals surface area contributed by atoms with Gasteiger partial charge in [0.1, 0.15) is 0 Å². The Kier molecular flexibility index (Phi) is 6.30.